The Morgan fingerprint density at radius 3 is 0.740 bits per heavy atom. The van der Waals surface area contributed by atoms with Crippen LogP contribution in [0.2, 0.25) is 0 Å². The lowest BCUT2D eigenvalue weighted by molar-refractivity contribution is 1.11. The summed E-state index contributed by atoms with van der Waals surface area (Å²) < 4.78 is 0. The molecular weight excluding hydrogens is 621 g/mol. The van der Waals surface area contributed by atoms with Gasteiger partial charge in [-0.05, 0) is 70.8 Å². The van der Waals surface area contributed by atoms with E-state index in [9.17, 15) is 0 Å². The van der Waals surface area contributed by atoms with Gasteiger partial charge in [0.1, 0.15) is 0 Å². The molecule has 5 aromatic heterocycles. The van der Waals surface area contributed by atoms with Crippen LogP contribution in [-0.2, 0) is 0 Å². The van der Waals surface area contributed by atoms with E-state index in [1.54, 1.807) is 0 Å². The highest BCUT2D eigenvalue weighted by atomic mass is 15.1. The fourth-order valence-electron chi connectivity index (χ4n) is 4.80. The normalized spacial score (nSPS) is 11.7. The summed E-state index contributed by atoms with van der Waals surface area (Å²) in [6.45, 7) is 0. The van der Waals surface area contributed by atoms with Crippen molar-refractivity contribution in [3.05, 3.63) is 119 Å². The summed E-state index contributed by atoms with van der Waals surface area (Å²) in [4.78, 5) is 36.2. The molecule has 10 nitrogen and oxygen atoms in total. The van der Waals surface area contributed by atoms with Gasteiger partial charge >= 0.3 is 0 Å². The lowest BCUT2D eigenvalue weighted by atomic mass is 10.1. The first kappa shape index (κ1) is 35.2. The van der Waals surface area contributed by atoms with Crippen molar-refractivity contribution >= 4 is 71.4 Å². The van der Waals surface area contributed by atoms with Crippen LogP contribution in [0.15, 0.2) is 73.8 Å². The number of aromatic nitrogens is 6. The van der Waals surface area contributed by atoms with Gasteiger partial charge in [0, 0.05) is 81.2 Å². The van der Waals surface area contributed by atoms with Crippen LogP contribution in [-0.4, -0.2) is 86.3 Å². The second kappa shape index (κ2) is 16.3. The van der Waals surface area contributed by atoms with Crippen molar-refractivity contribution in [3.8, 4) is 0 Å². The second-order valence-electron chi connectivity index (χ2n) is 12.6. The quantitative estimate of drug-likeness (QED) is 0.139. The van der Waals surface area contributed by atoms with Crippen LogP contribution in [0, 0.1) is 0 Å². The molecule has 0 N–H and O–H groups in total. The molecule has 5 heterocycles. The third-order valence-electron chi connectivity index (χ3n) is 7.79. The zero-order valence-corrected chi connectivity index (χ0v) is 30.0. The first-order chi connectivity index (χ1) is 24.0. The number of pyridine rings is 4. The topological polar surface area (TPSA) is 90.3 Å². The highest BCUT2D eigenvalue weighted by Crippen LogP contribution is 2.23. The molecule has 0 aliphatic carbocycles. The fourth-order valence-corrected chi connectivity index (χ4v) is 4.80. The molecule has 5 rings (SSSR count). The molecule has 0 radical (unpaired) electrons. The highest BCUT2D eigenvalue weighted by molar-refractivity contribution is 5.82. The number of rotatable bonds is 12. The third-order valence-corrected chi connectivity index (χ3v) is 7.79. The Morgan fingerprint density at radius 1 is 0.320 bits per heavy atom. The Balaban J connectivity index is 1.65. The summed E-state index contributed by atoms with van der Waals surface area (Å²) in [5.41, 5.74) is 10.7. The molecule has 0 saturated heterocycles. The summed E-state index contributed by atoms with van der Waals surface area (Å²) in [7, 11) is 16.0. The molecule has 0 aromatic carbocycles. The van der Waals surface area contributed by atoms with Gasteiger partial charge in [0.2, 0.25) is 0 Å². The van der Waals surface area contributed by atoms with Gasteiger partial charge in [-0.2, -0.15) is 0 Å². The van der Waals surface area contributed by atoms with Crippen LogP contribution in [0.3, 0.4) is 0 Å². The predicted octanol–water partition coefficient (Wildman–Crippen LogP) is 7.00. The van der Waals surface area contributed by atoms with Crippen LogP contribution >= 0.6 is 0 Å². The molecular formula is C40H44N10. The van der Waals surface area contributed by atoms with Crippen molar-refractivity contribution in [1.29, 1.82) is 0 Å². The zero-order valence-electron chi connectivity index (χ0n) is 30.0. The summed E-state index contributed by atoms with van der Waals surface area (Å²) in [6.07, 6.45) is 30.7. The Hall–Kier alpha value is -6.16. The molecule has 0 unspecified atom stereocenters. The van der Waals surface area contributed by atoms with Crippen LogP contribution in [0.5, 0.6) is 0 Å². The summed E-state index contributed by atoms with van der Waals surface area (Å²) >= 11 is 0. The molecule has 0 aliphatic rings. The minimum absolute atomic E-state index is 0.710. The molecule has 0 amide bonds. The minimum atomic E-state index is 0.710. The number of anilines is 4. The van der Waals surface area contributed by atoms with Crippen molar-refractivity contribution < 1.29 is 0 Å². The second-order valence-corrected chi connectivity index (χ2v) is 12.6. The smallest absolute Gasteiger partial charge is 0.0894 e. The Kier molecular flexibility index (Phi) is 11.5. The van der Waals surface area contributed by atoms with Gasteiger partial charge in [-0.1, -0.05) is 24.3 Å². The molecule has 5 aromatic rings. The average molecular weight is 665 g/mol. The molecule has 0 aliphatic heterocycles. The van der Waals surface area contributed by atoms with Crippen molar-refractivity contribution in [3.63, 3.8) is 0 Å². The van der Waals surface area contributed by atoms with Gasteiger partial charge in [-0.25, -0.2) is 9.97 Å². The first-order valence-electron chi connectivity index (χ1n) is 16.2. The third kappa shape index (κ3) is 9.47. The van der Waals surface area contributed by atoms with Crippen LogP contribution in [0.25, 0.3) is 48.6 Å². The number of hydrogen-bond donors (Lipinski definition) is 0. The molecule has 0 spiro atoms. The lowest BCUT2D eigenvalue weighted by Gasteiger charge is -2.12. The van der Waals surface area contributed by atoms with E-state index < -0.39 is 0 Å². The van der Waals surface area contributed by atoms with Gasteiger partial charge in [0.25, 0.3) is 0 Å². The van der Waals surface area contributed by atoms with Gasteiger partial charge in [-0.3, -0.25) is 19.9 Å². The van der Waals surface area contributed by atoms with E-state index in [4.69, 9.17) is 9.97 Å². The van der Waals surface area contributed by atoms with E-state index in [0.29, 0.717) is 22.8 Å². The summed E-state index contributed by atoms with van der Waals surface area (Å²) in [6, 6.07) is 8.35. The molecule has 0 saturated carbocycles. The monoisotopic (exact) mass is 664 g/mol. The Labute approximate surface area is 295 Å². The predicted molar refractivity (Wildman–Crippen MR) is 212 cm³/mol. The Bertz CT molecular complexity index is 1750. The minimum Gasteiger partial charge on any atom is -0.376 e. The lowest BCUT2D eigenvalue weighted by Crippen LogP contribution is -2.08. The maximum absolute atomic E-state index is 5.19. The van der Waals surface area contributed by atoms with E-state index in [-0.39, 0.29) is 0 Å². The number of nitrogens with zero attached hydrogens (tertiary/aromatic N) is 10. The van der Waals surface area contributed by atoms with Gasteiger partial charge in [0.05, 0.1) is 70.3 Å². The molecule has 0 bridgehead atoms. The number of hydrogen-bond acceptors (Lipinski definition) is 10. The van der Waals surface area contributed by atoms with Crippen LogP contribution in [0.1, 0.15) is 45.0 Å². The molecule has 254 valence electrons. The van der Waals surface area contributed by atoms with Crippen molar-refractivity contribution in [2.75, 3.05) is 76.0 Å². The molecule has 0 fully saturated rings. The van der Waals surface area contributed by atoms with Crippen LogP contribution < -0.4 is 19.6 Å². The van der Waals surface area contributed by atoms with Crippen molar-refractivity contribution in [1.82, 2.24) is 29.9 Å². The highest BCUT2D eigenvalue weighted by Gasteiger charge is 2.10. The van der Waals surface area contributed by atoms with E-state index in [1.807, 2.05) is 174 Å². The van der Waals surface area contributed by atoms with Gasteiger partial charge < -0.3 is 19.6 Å². The SMILES string of the molecule is CN(C)c1cncc(C=Cc2nc(C=Cc3cncc(N(C)C)c3)c(C=Cc3cncc(N(C)C)c3)nc2C=Cc2cncc(N(C)C)c2)c1. The largest absolute Gasteiger partial charge is 0.376 e. The van der Waals surface area contributed by atoms with Crippen molar-refractivity contribution in [2.45, 2.75) is 0 Å². The first-order valence-corrected chi connectivity index (χ1v) is 16.2. The maximum atomic E-state index is 5.19. The van der Waals surface area contributed by atoms with E-state index in [1.165, 1.54) is 0 Å². The van der Waals surface area contributed by atoms with Crippen LogP contribution in [0.4, 0.5) is 22.7 Å². The molecule has 0 atom stereocenters. The molecule has 50 heavy (non-hydrogen) atoms. The Morgan fingerprint density at radius 2 is 0.540 bits per heavy atom. The van der Waals surface area contributed by atoms with Gasteiger partial charge in [-0.15, -0.1) is 0 Å². The fraction of sp³-hybridized carbons (Fsp3) is 0.200. The van der Waals surface area contributed by atoms with Crippen molar-refractivity contribution in [2.24, 2.45) is 0 Å². The average Bonchev–Trinajstić information content (AvgIpc) is 3.12. The molecule has 10 heteroatoms. The van der Waals surface area contributed by atoms with E-state index in [2.05, 4.69) is 44.2 Å². The van der Waals surface area contributed by atoms with Gasteiger partial charge in [0.15, 0.2) is 0 Å². The standard InChI is InChI=1S/C40H44N10/c1-47(2)33-17-29(21-41-25-33)9-13-37-38(14-10-30-18-34(48(3)4)26-42-22-30)46-40(16-12-32-20-36(50(7)8)28-44-24-32)39(45-37)15-11-31-19-35(49(5)6)27-43-23-31/h9-28H,1-8H3. The zero-order chi connectivity index (χ0) is 35.6. The summed E-state index contributed by atoms with van der Waals surface area (Å²) in [5.74, 6) is 0. The van der Waals surface area contributed by atoms with E-state index >= 15 is 0 Å². The summed E-state index contributed by atoms with van der Waals surface area (Å²) in [5, 5.41) is 0. The maximum Gasteiger partial charge on any atom is 0.0894 e. The van der Waals surface area contributed by atoms with E-state index in [0.717, 1.165) is 45.0 Å².